The molecule has 0 aliphatic carbocycles. The highest BCUT2D eigenvalue weighted by Gasteiger charge is 2.34. The lowest BCUT2D eigenvalue weighted by Gasteiger charge is -2.45. The number of benzene rings is 2. The Labute approximate surface area is 204 Å². The van der Waals surface area contributed by atoms with Gasteiger partial charge in [0.2, 0.25) is 0 Å². The number of rotatable bonds is 8. The van der Waals surface area contributed by atoms with Crippen LogP contribution in [0.15, 0.2) is 47.8 Å². The Morgan fingerprint density at radius 1 is 1.09 bits per heavy atom. The summed E-state index contributed by atoms with van der Waals surface area (Å²) in [4.78, 5) is 2.38. The monoisotopic (exact) mass is 478 g/mol. The summed E-state index contributed by atoms with van der Waals surface area (Å²) in [5, 5.41) is 9.53. The normalized spacial score (nSPS) is 18.1. The molecule has 1 aliphatic heterocycles. The fourth-order valence-corrected chi connectivity index (χ4v) is 5.90. The van der Waals surface area contributed by atoms with Crippen LogP contribution in [0.1, 0.15) is 69.2 Å². The number of fused-ring (bicyclic) bond motifs is 1. The van der Waals surface area contributed by atoms with Crippen LogP contribution in [-0.4, -0.2) is 25.8 Å². The third kappa shape index (κ3) is 5.70. The average molecular weight is 479 g/mol. The molecule has 0 radical (unpaired) electrons. The van der Waals surface area contributed by atoms with Crippen LogP contribution in [0.2, 0.25) is 0 Å². The zero-order valence-corrected chi connectivity index (χ0v) is 21.9. The first-order chi connectivity index (χ1) is 16.1. The van der Waals surface area contributed by atoms with E-state index in [0.29, 0.717) is 5.92 Å². The first-order valence-electron chi connectivity index (χ1n) is 11.8. The van der Waals surface area contributed by atoms with Gasteiger partial charge in [0.05, 0.1) is 13.2 Å². The molecule has 2 aromatic rings. The summed E-state index contributed by atoms with van der Waals surface area (Å²) in [6.07, 6.45) is 6.90. The topological polar surface area (TPSA) is 62.6 Å². The van der Waals surface area contributed by atoms with Gasteiger partial charge in [0.25, 0.3) is 0 Å². The van der Waals surface area contributed by atoms with Crippen LogP contribution in [0.5, 0.6) is 0 Å². The lowest BCUT2D eigenvalue weighted by molar-refractivity contribution is 0.227. The Balaban J connectivity index is 1.79. The largest absolute Gasteiger partial charge is 0.371 e. The van der Waals surface area contributed by atoms with Gasteiger partial charge >= 0.3 is 7.60 Å². The quantitative estimate of drug-likeness (QED) is 0.221. The van der Waals surface area contributed by atoms with E-state index >= 15 is 0 Å². The molecule has 6 heteroatoms. The molecule has 0 saturated carbocycles. The third-order valence-electron chi connectivity index (χ3n) is 6.37. The van der Waals surface area contributed by atoms with Gasteiger partial charge < -0.3 is 13.9 Å². The molecule has 0 saturated heterocycles. The summed E-state index contributed by atoms with van der Waals surface area (Å²) in [5.74, 6) is 0.513. The van der Waals surface area contributed by atoms with E-state index in [1.54, 1.807) is 19.9 Å². The Kier molecular flexibility index (Phi) is 8.21. The standard InChI is InChI=1S/C28H35N2O3P/c1-7-32-34(31,33-8-2)25(20-29)17-23-12-9-22(10-13-23)11-14-24-15-16-27-26(18-24)21(3)19-28(4,5)30(27)6/h9-18,21H,7-8,19H2,1-6H3/b14-11+,25-17-. The van der Waals surface area contributed by atoms with E-state index < -0.39 is 7.60 Å². The number of hydrogen-bond donors (Lipinski definition) is 0. The molecule has 1 atom stereocenters. The molecular formula is C28H35N2O3P. The number of allylic oxidation sites excluding steroid dienone is 1. The van der Waals surface area contributed by atoms with Crippen molar-refractivity contribution in [3.63, 3.8) is 0 Å². The summed E-state index contributed by atoms with van der Waals surface area (Å²) in [6.45, 7) is 10.8. The van der Waals surface area contributed by atoms with Crippen molar-refractivity contribution in [2.75, 3.05) is 25.2 Å². The van der Waals surface area contributed by atoms with Crippen molar-refractivity contribution in [1.82, 2.24) is 0 Å². The highest BCUT2D eigenvalue weighted by atomic mass is 31.2. The van der Waals surface area contributed by atoms with Crippen molar-refractivity contribution < 1.29 is 13.6 Å². The van der Waals surface area contributed by atoms with Gasteiger partial charge in [-0.15, -0.1) is 0 Å². The summed E-state index contributed by atoms with van der Waals surface area (Å²) in [5.41, 5.74) is 5.83. The summed E-state index contributed by atoms with van der Waals surface area (Å²) >= 11 is 0. The molecule has 1 aliphatic rings. The summed E-state index contributed by atoms with van der Waals surface area (Å²) in [6, 6.07) is 16.4. The molecule has 0 N–H and O–H groups in total. The van der Waals surface area contributed by atoms with E-state index in [0.717, 1.165) is 17.5 Å². The van der Waals surface area contributed by atoms with Crippen molar-refractivity contribution in [3.05, 3.63) is 70.0 Å². The molecular weight excluding hydrogens is 443 g/mol. The molecule has 2 aromatic carbocycles. The maximum atomic E-state index is 12.9. The number of hydrogen-bond acceptors (Lipinski definition) is 5. The Morgan fingerprint density at radius 2 is 1.65 bits per heavy atom. The summed E-state index contributed by atoms with van der Waals surface area (Å²) in [7, 11) is -1.43. The third-order valence-corrected chi connectivity index (χ3v) is 8.39. The second-order valence-electron chi connectivity index (χ2n) is 9.27. The van der Waals surface area contributed by atoms with E-state index in [4.69, 9.17) is 9.05 Å². The molecule has 3 rings (SSSR count). The lowest BCUT2D eigenvalue weighted by atomic mass is 9.80. The second-order valence-corrected chi connectivity index (χ2v) is 11.3. The molecule has 34 heavy (non-hydrogen) atoms. The van der Waals surface area contributed by atoms with E-state index in [9.17, 15) is 9.83 Å². The molecule has 0 aromatic heterocycles. The Bertz CT molecular complexity index is 1150. The average Bonchev–Trinajstić information content (AvgIpc) is 2.80. The van der Waals surface area contributed by atoms with Crippen molar-refractivity contribution in [2.24, 2.45) is 0 Å². The fraction of sp³-hybridized carbons (Fsp3) is 0.393. The van der Waals surface area contributed by atoms with Crippen LogP contribution in [0, 0.1) is 11.3 Å². The second kappa shape index (κ2) is 10.7. The smallest absolute Gasteiger partial charge is 0.369 e. The fourth-order valence-electron chi connectivity index (χ4n) is 4.44. The van der Waals surface area contributed by atoms with Crippen LogP contribution >= 0.6 is 7.60 Å². The maximum absolute atomic E-state index is 12.9. The lowest BCUT2D eigenvalue weighted by Crippen LogP contribution is -2.45. The predicted molar refractivity (Wildman–Crippen MR) is 142 cm³/mol. The highest BCUT2D eigenvalue weighted by Crippen LogP contribution is 2.56. The minimum atomic E-state index is -3.60. The minimum absolute atomic E-state index is 0.0100. The molecule has 5 nitrogen and oxygen atoms in total. The van der Waals surface area contributed by atoms with Crippen LogP contribution in [0.25, 0.3) is 18.2 Å². The van der Waals surface area contributed by atoms with Crippen molar-refractivity contribution in [3.8, 4) is 6.07 Å². The molecule has 0 amide bonds. The number of anilines is 1. The van der Waals surface area contributed by atoms with Gasteiger partial charge in [-0.05, 0) is 80.5 Å². The Morgan fingerprint density at radius 3 is 2.24 bits per heavy atom. The van der Waals surface area contributed by atoms with Gasteiger partial charge in [-0.3, -0.25) is 4.57 Å². The number of nitriles is 1. The van der Waals surface area contributed by atoms with E-state index in [2.05, 4.69) is 63.1 Å². The van der Waals surface area contributed by atoms with Gasteiger partial charge in [-0.1, -0.05) is 49.4 Å². The van der Waals surface area contributed by atoms with Crippen LogP contribution in [-0.2, 0) is 13.6 Å². The zero-order valence-electron chi connectivity index (χ0n) is 21.0. The summed E-state index contributed by atoms with van der Waals surface area (Å²) < 4.78 is 23.5. The van der Waals surface area contributed by atoms with E-state index in [-0.39, 0.29) is 24.1 Å². The van der Waals surface area contributed by atoms with E-state index in [1.165, 1.54) is 16.8 Å². The van der Waals surface area contributed by atoms with E-state index in [1.807, 2.05) is 30.3 Å². The van der Waals surface area contributed by atoms with Crippen LogP contribution in [0.3, 0.4) is 0 Å². The van der Waals surface area contributed by atoms with Crippen molar-refractivity contribution in [1.29, 1.82) is 5.26 Å². The molecule has 0 spiro atoms. The molecule has 0 fully saturated rings. The zero-order chi connectivity index (χ0) is 24.9. The van der Waals surface area contributed by atoms with Crippen molar-refractivity contribution in [2.45, 2.75) is 52.5 Å². The molecule has 1 heterocycles. The van der Waals surface area contributed by atoms with Crippen molar-refractivity contribution >= 4 is 31.5 Å². The molecule has 1 unspecified atom stereocenters. The van der Waals surface area contributed by atoms with Gasteiger partial charge in [-0.25, -0.2) is 0 Å². The van der Waals surface area contributed by atoms with Gasteiger partial charge in [0, 0.05) is 18.3 Å². The minimum Gasteiger partial charge on any atom is -0.369 e. The molecule has 180 valence electrons. The first kappa shape index (κ1) is 26.0. The number of nitrogens with zero attached hydrogens (tertiary/aromatic N) is 2. The predicted octanol–water partition coefficient (Wildman–Crippen LogP) is 7.71. The van der Waals surface area contributed by atoms with Gasteiger partial charge in [-0.2, -0.15) is 5.26 Å². The molecule has 0 bridgehead atoms. The maximum Gasteiger partial charge on any atom is 0.371 e. The SMILES string of the molecule is CCOP(=O)(OCC)/C(C#N)=C\c1ccc(/C=C/c2ccc3c(c2)C(C)CC(C)(C)N3C)cc1. The van der Waals surface area contributed by atoms with Gasteiger partial charge in [0.15, 0.2) is 0 Å². The van der Waals surface area contributed by atoms with Crippen LogP contribution in [0.4, 0.5) is 5.69 Å². The first-order valence-corrected chi connectivity index (χ1v) is 13.3. The highest BCUT2D eigenvalue weighted by molar-refractivity contribution is 7.59. The Hall–Kier alpha value is -2.64. The van der Waals surface area contributed by atoms with Gasteiger partial charge in [0.1, 0.15) is 11.4 Å². The van der Waals surface area contributed by atoms with Crippen LogP contribution < -0.4 is 4.90 Å².